The first-order valence-corrected chi connectivity index (χ1v) is 4.63. The molecule has 0 amide bonds. The third kappa shape index (κ3) is 3.57. The zero-order chi connectivity index (χ0) is 7.94. The van der Waals surface area contributed by atoms with Crippen LogP contribution in [0.3, 0.4) is 0 Å². The molecule has 0 N–H and O–H groups in total. The Balaban J connectivity index is 2.32. The van der Waals surface area contributed by atoms with E-state index in [9.17, 15) is 0 Å². The van der Waals surface area contributed by atoms with Crippen LogP contribution in [0, 0.1) is 0 Å². The fourth-order valence-electron chi connectivity index (χ4n) is 1.50. The normalized spacial score (nSPS) is 30.1. The third-order valence-electron chi connectivity index (χ3n) is 2.26. The fourth-order valence-corrected chi connectivity index (χ4v) is 1.50. The average Bonchev–Trinajstić information content (AvgIpc) is 2.16. The van der Waals surface area contributed by atoms with E-state index >= 15 is 0 Å². The van der Waals surface area contributed by atoms with Crippen molar-refractivity contribution in [2.24, 2.45) is 0 Å². The van der Waals surface area contributed by atoms with Crippen molar-refractivity contribution in [1.29, 1.82) is 0 Å². The molecule has 0 aromatic heterocycles. The Bertz CT molecular complexity index is 118. The van der Waals surface area contributed by atoms with Gasteiger partial charge in [0.25, 0.3) is 0 Å². The molecule has 11 heavy (non-hydrogen) atoms. The maximum absolute atomic E-state index is 5.30. The monoisotopic (exact) mass is 154 g/mol. The first kappa shape index (κ1) is 8.79. The zero-order valence-electron chi connectivity index (χ0n) is 7.38. The Morgan fingerprint density at radius 3 is 2.82 bits per heavy atom. The Morgan fingerprint density at radius 1 is 1.18 bits per heavy atom. The van der Waals surface area contributed by atoms with Crippen LogP contribution in [0.2, 0.25) is 0 Å². The van der Waals surface area contributed by atoms with E-state index in [1.165, 1.54) is 38.5 Å². The minimum Gasteiger partial charge on any atom is -0.377 e. The molecule has 0 saturated heterocycles. The van der Waals surface area contributed by atoms with Crippen molar-refractivity contribution in [3.63, 3.8) is 0 Å². The molecule has 0 fully saturated rings. The van der Waals surface area contributed by atoms with Crippen molar-refractivity contribution in [3.8, 4) is 0 Å². The highest BCUT2D eigenvalue weighted by molar-refractivity contribution is 4.90. The summed E-state index contributed by atoms with van der Waals surface area (Å²) in [5.41, 5.74) is 0. The number of allylic oxidation sites excluding steroid dienone is 1. The Hall–Kier alpha value is -0.300. The lowest BCUT2D eigenvalue weighted by Crippen LogP contribution is -2.05. The highest BCUT2D eigenvalue weighted by Crippen LogP contribution is 2.13. The highest BCUT2D eigenvalue weighted by atomic mass is 16.5. The molecule has 0 aliphatic heterocycles. The smallest absolute Gasteiger partial charge is 0.0752 e. The van der Waals surface area contributed by atoms with Crippen LogP contribution in [0.5, 0.6) is 0 Å². The van der Waals surface area contributed by atoms with Gasteiger partial charge in [-0.1, -0.05) is 31.4 Å². The lowest BCUT2D eigenvalue weighted by Gasteiger charge is -2.08. The summed E-state index contributed by atoms with van der Waals surface area (Å²) in [6.45, 7) is 0. The van der Waals surface area contributed by atoms with Crippen molar-refractivity contribution in [2.75, 3.05) is 7.11 Å². The van der Waals surface area contributed by atoms with Gasteiger partial charge in [-0.2, -0.15) is 0 Å². The van der Waals surface area contributed by atoms with E-state index < -0.39 is 0 Å². The van der Waals surface area contributed by atoms with Gasteiger partial charge in [-0.3, -0.25) is 0 Å². The SMILES string of the molecule is COC1/C=C\CCCCCC1. The van der Waals surface area contributed by atoms with Crippen molar-refractivity contribution in [1.82, 2.24) is 0 Å². The molecular formula is C10H18O. The molecule has 0 aromatic carbocycles. The molecule has 1 heteroatoms. The van der Waals surface area contributed by atoms with E-state index in [1.807, 2.05) is 0 Å². The predicted molar refractivity (Wildman–Crippen MR) is 47.6 cm³/mol. The Kier molecular flexibility index (Phi) is 4.29. The van der Waals surface area contributed by atoms with Crippen molar-refractivity contribution in [3.05, 3.63) is 12.2 Å². The predicted octanol–water partition coefficient (Wildman–Crippen LogP) is 2.91. The van der Waals surface area contributed by atoms with E-state index in [0.717, 1.165) is 0 Å². The minimum absolute atomic E-state index is 0.382. The second-order valence-corrected chi connectivity index (χ2v) is 3.19. The number of rotatable bonds is 1. The molecule has 1 aliphatic rings. The van der Waals surface area contributed by atoms with E-state index in [0.29, 0.717) is 6.10 Å². The lowest BCUT2D eigenvalue weighted by atomic mass is 10.1. The molecule has 0 heterocycles. The number of hydrogen-bond acceptors (Lipinski definition) is 1. The summed E-state index contributed by atoms with van der Waals surface area (Å²) in [5.74, 6) is 0. The quantitative estimate of drug-likeness (QED) is 0.528. The summed E-state index contributed by atoms with van der Waals surface area (Å²) in [7, 11) is 1.80. The Labute approximate surface area is 69.4 Å². The van der Waals surface area contributed by atoms with Gasteiger partial charge in [-0.25, -0.2) is 0 Å². The summed E-state index contributed by atoms with van der Waals surface area (Å²) in [6.07, 6.45) is 12.7. The first-order chi connectivity index (χ1) is 5.43. The summed E-state index contributed by atoms with van der Waals surface area (Å²) in [4.78, 5) is 0. The molecule has 0 spiro atoms. The molecule has 64 valence electrons. The summed E-state index contributed by atoms with van der Waals surface area (Å²) < 4.78 is 5.30. The number of methoxy groups -OCH3 is 1. The minimum atomic E-state index is 0.382. The maximum Gasteiger partial charge on any atom is 0.0752 e. The molecule has 1 nitrogen and oxygen atoms in total. The molecule has 0 bridgehead atoms. The van der Waals surface area contributed by atoms with Crippen LogP contribution < -0.4 is 0 Å². The van der Waals surface area contributed by atoms with Gasteiger partial charge in [-0.15, -0.1) is 0 Å². The van der Waals surface area contributed by atoms with Gasteiger partial charge >= 0.3 is 0 Å². The average molecular weight is 154 g/mol. The molecule has 0 aromatic rings. The van der Waals surface area contributed by atoms with Crippen LogP contribution in [0.25, 0.3) is 0 Å². The van der Waals surface area contributed by atoms with Crippen LogP contribution in [0.4, 0.5) is 0 Å². The second-order valence-electron chi connectivity index (χ2n) is 3.19. The maximum atomic E-state index is 5.30. The van der Waals surface area contributed by atoms with Gasteiger partial charge in [0, 0.05) is 7.11 Å². The van der Waals surface area contributed by atoms with Crippen LogP contribution in [-0.4, -0.2) is 13.2 Å². The third-order valence-corrected chi connectivity index (χ3v) is 2.26. The second kappa shape index (κ2) is 5.36. The summed E-state index contributed by atoms with van der Waals surface area (Å²) >= 11 is 0. The summed E-state index contributed by atoms with van der Waals surface area (Å²) in [6, 6.07) is 0. The molecule has 1 atom stereocenters. The topological polar surface area (TPSA) is 9.23 Å². The molecule has 0 saturated carbocycles. The van der Waals surface area contributed by atoms with Gasteiger partial charge in [0.15, 0.2) is 0 Å². The van der Waals surface area contributed by atoms with E-state index in [4.69, 9.17) is 4.74 Å². The highest BCUT2D eigenvalue weighted by Gasteiger charge is 2.03. The van der Waals surface area contributed by atoms with Gasteiger partial charge in [0.2, 0.25) is 0 Å². The number of hydrogen-bond donors (Lipinski definition) is 0. The van der Waals surface area contributed by atoms with Gasteiger partial charge < -0.3 is 4.74 Å². The van der Waals surface area contributed by atoms with Crippen LogP contribution in [0.15, 0.2) is 12.2 Å². The molecule has 0 radical (unpaired) electrons. The van der Waals surface area contributed by atoms with Crippen molar-refractivity contribution in [2.45, 2.75) is 44.6 Å². The first-order valence-electron chi connectivity index (χ1n) is 4.63. The van der Waals surface area contributed by atoms with Crippen molar-refractivity contribution >= 4 is 0 Å². The number of ether oxygens (including phenoxy) is 1. The molecule has 1 unspecified atom stereocenters. The largest absolute Gasteiger partial charge is 0.377 e. The molecule has 1 aliphatic carbocycles. The van der Waals surface area contributed by atoms with Gasteiger partial charge in [0.1, 0.15) is 0 Å². The summed E-state index contributed by atoms with van der Waals surface area (Å²) in [5, 5.41) is 0. The van der Waals surface area contributed by atoms with Crippen molar-refractivity contribution < 1.29 is 4.74 Å². The lowest BCUT2D eigenvalue weighted by molar-refractivity contribution is 0.131. The fraction of sp³-hybridized carbons (Fsp3) is 0.800. The zero-order valence-corrected chi connectivity index (χ0v) is 7.38. The van der Waals surface area contributed by atoms with E-state index in [2.05, 4.69) is 12.2 Å². The van der Waals surface area contributed by atoms with Crippen LogP contribution >= 0.6 is 0 Å². The van der Waals surface area contributed by atoms with Gasteiger partial charge in [0.05, 0.1) is 6.10 Å². The van der Waals surface area contributed by atoms with Crippen LogP contribution in [-0.2, 0) is 4.74 Å². The molecule has 1 rings (SSSR count). The standard InChI is InChI=1S/C10H18O/c1-11-10-8-6-4-2-3-5-7-9-10/h6,8,10H,2-5,7,9H2,1H3/b8-6-. The molecular weight excluding hydrogens is 136 g/mol. The van der Waals surface area contributed by atoms with Crippen LogP contribution in [0.1, 0.15) is 38.5 Å². The Morgan fingerprint density at radius 2 is 2.00 bits per heavy atom. The van der Waals surface area contributed by atoms with E-state index in [1.54, 1.807) is 7.11 Å². The van der Waals surface area contributed by atoms with E-state index in [-0.39, 0.29) is 0 Å². The van der Waals surface area contributed by atoms with Gasteiger partial charge in [-0.05, 0) is 19.3 Å².